The Morgan fingerprint density at radius 3 is 2.59 bits per heavy atom. The zero-order valence-corrected chi connectivity index (χ0v) is 13.4. The highest BCUT2D eigenvalue weighted by atomic mass is 35.5. The van der Waals surface area contributed by atoms with Crippen molar-refractivity contribution in [1.82, 2.24) is 9.97 Å². The van der Waals surface area contributed by atoms with Gasteiger partial charge in [-0.3, -0.25) is 4.79 Å². The van der Waals surface area contributed by atoms with Gasteiger partial charge in [0.1, 0.15) is 5.82 Å². The number of hydrogen-bond acceptors (Lipinski definition) is 2. The number of aryl methyl sites for hydroxylation is 1. The Kier molecular flexibility index (Phi) is 3.33. The third-order valence-electron chi connectivity index (χ3n) is 5.29. The standard InChI is InChI=1S/C18H19ClN2O/c1-10-20-17(15-9-11-2-3-13(15)8-11)16(18(22)21-10)12-4-6-14(19)7-5-12/h4-7,11,13,15H,2-3,8-9H2,1H3,(H,20,21,22). The number of aromatic nitrogens is 2. The lowest BCUT2D eigenvalue weighted by molar-refractivity contribution is 0.412. The lowest BCUT2D eigenvalue weighted by atomic mass is 9.83. The van der Waals surface area contributed by atoms with Crippen molar-refractivity contribution in [3.63, 3.8) is 0 Å². The smallest absolute Gasteiger partial charge is 0.259 e. The molecule has 1 heterocycles. The summed E-state index contributed by atoms with van der Waals surface area (Å²) in [6.07, 6.45) is 5.11. The van der Waals surface area contributed by atoms with Crippen LogP contribution in [-0.4, -0.2) is 9.97 Å². The van der Waals surface area contributed by atoms with Crippen molar-refractivity contribution in [2.24, 2.45) is 11.8 Å². The summed E-state index contributed by atoms with van der Waals surface area (Å²) in [5.74, 6) is 2.67. The summed E-state index contributed by atoms with van der Waals surface area (Å²) in [5, 5.41) is 0.682. The highest BCUT2D eigenvalue weighted by Gasteiger charge is 2.42. The SMILES string of the molecule is Cc1nc(C2CC3CCC2C3)c(-c2ccc(Cl)cc2)c(=O)[nH]1. The van der Waals surface area contributed by atoms with E-state index < -0.39 is 0 Å². The molecule has 2 aromatic rings. The van der Waals surface area contributed by atoms with Crippen molar-refractivity contribution >= 4 is 11.6 Å². The average Bonchev–Trinajstić information content (AvgIpc) is 3.10. The monoisotopic (exact) mass is 314 g/mol. The summed E-state index contributed by atoms with van der Waals surface area (Å²) >= 11 is 5.98. The first-order valence-electron chi connectivity index (χ1n) is 7.98. The van der Waals surface area contributed by atoms with E-state index in [4.69, 9.17) is 16.6 Å². The number of hydrogen-bond donors (Lipinski definition) is 1. The third kappa shape index (κ3) is 2.28. The fourth-order valence-electron chi connectivity index (χ4n) is 4.35. The van der Waals surface area contributed by atoms with Crippen LogP contribution in [0.3, 0.4) is 0 Å². The van der Waals surface area contributed by atoms with E-state index in [1.165, 1.54) is 25.7 Å². The molecule has 1 N–H and O–H groups in total. The largest absolute Gasteiger partial charge is 0.310 e. The van der Waals surface area contributed by atoms with Crippen LogP contribution in [-0.2, 0) is 0 Å². The van der Waals surface area contributed by atoms with Crippen molar-refractivity contribution in [2.75, 3.05) is 0 Å². The van der Waals surface area contributed by atoms with Crippen molar-refractivity contribution in [2.45, 2.75) is 38.5 Å². The zero-order chi connectivity index (χ0) is 15.3. The van der Waals surface area contributed by atoms with E-state index in [-0.39, 0.29) is 5.56 Å². The molecule has 2 aliphatic rings. The number of nitrogens with zero attached hydrogens (tertiary/aromatic N) is 1. The molecular weight excluding hydrogens is 296 g/mol. The fourth-order valence-corrected chi connectivity index (χ4v) is 4.48. The Morgan fingerprint density at radius 2 is 1.95 bits per heavy atom. The Morgan fingerprint density at radius 1 is 1.18 bits per heavy atom. The zero-order valence-electron chi connectivity index (χ0n) is 12.6. The van der Waals surface area contributed by atoms with Crippen LogP contribution in [0, 0.1) is 18.8 Å². The predicted octanol–water partition coefficient (Wildman–Crippen LogP) is 4.30. The van der Waals surface area contributed by atoms with Gasteiger partial charge in [0.25, 0.3) is 5.56 Å². The molecule has 0 saturated heterocycles. The Balaban J connectivity index is 1.86. The molecule has 0 amide bonds. The lowest BCUT2D eigenvalue weighted by Gasteiger charge is -2.23. The lowest BCUT2D eigenvalue weighted by Crippen LogP contribution is -2.20. The minimum Gasteiger partial charge on any atom is -0.310 e. The normalized spacial score (nSPS) is 26.5. The number of nitrogens with one attached hydrogen (secondary N) is 1. The molecule has 4 heteroatoms. The van der Waals surface area contributed by atoms with E-state index in [2.05, 4.69) is 4.98 Å². The maximum absolute atomic E-state index is 12.6. The van der Waals surface area contributed by atoms with E-state index in [1.807, 2.05) is 31.2 Å². The summed E-state index contributed by atoms with van der Waals surface area (Å²) in [6, 6.07) is 7.50. The molecule has 4 rings (SSSR count). The number of halogens is 1. The van der Waals surface area contributed by atoms with E-state index in [1.54, 1.807) is 0 Å². The van der Waals surface area contributed by atoms with Gasteiger partial charge in [-0.1, -0.05) is 30.2 Å². The summed E-state index contributed by atoms with van der Waals surface area (Å²) in [7, 11) is 0. The molecule has 0 spiro atoms. The van der Waals surface area contributed by atoms with Gasteiger partial charge in [-0.2, -0.15) is 0 Å². The minimum atomic E-state index is -0.0346. The van der Waals surface area contributed by atoms with Crippen LogP contribution in [0.4, 0.5) is 0 Å². The van der Waals surface area contributed by atoms with Crippen LogP contribution in [0.1, 0.15) is 43.1 Å². The molecule has 0 aliphatic heterocycles. The van der Waals surface area contributed by atoms with Gasteiger partial charge in [-0.15, -0.1) is 0 Å². The first-order chi connectivity index (χ1) is 10.6. The van der Waals surface area contributed by atoms with Crippen LogP contribution >= 0.6 is 11.6 Å². The van der Waals surface area contributed by atoms with Crippen LogP contribution < -0.4 is 5.56 Å². The number of fused-ring (bicyclic) bond motifs is 2. The molecule has 0 radical (unpaired) electrons. The predicted molar refractivity (Wildman–Crippen MR) is 88.2 cm³/mol. The molecular formula is C18H19ClN2O. The first kappa shape index (κ1) is 14.0. The van der Waals surface area contributed by atoms with Crippen molar-refractivity contribution < 1.29 is 0 Å². The van der Waals surface area contributed by atoms with Gasteiger partial charge in [0, 0.05) is 10.9 Å². The highest BCUT2D eigenvalue weighted by Crippen LogP contribution is 2.53. The quantitative estimate of drug-likeness (QED) is 0.898. The van der Waals surface area contributed by atoms with Gasteiger partial charge in [-0.05, 0) is 55.7 Å². The van der Waals surface area contributed by atoms with Gasteiger partial charge < -0.3 is 4.98 Å². The van der Waals surface area contributed by atoms with E-state index >= 15 is 0 Å². The number of H-pyrrole nitrogens is 1. The van der Waals surface area contributed by atoms with Crippen molar-refractivity contribution in [1.29, 1.82) is 0 Å². The topological polar surface area (TPSA) is 45.8 Å². The molecule has 1 aromatic carbocycles. The Labute approximate surface area is 134 Å². The van der Waals surface area contributed by atoms with Gasteiger partial charge in [-0.25, -0.2) is 4.98 Å². The average molecular weight is 315 g/mol. The number of rotatable bonds is 2. The number of aromatic amines is 1. The molecule has 3 unspecified atom stereocenters. The Hall–Kier alpha value is -1.61. The first-order valence-corrected chi connectivity index (χ1v) is 8.36. The Bertz CT molecular complexity index is 766. The molecule has 2 fully saturated rings. The van der Waals surface area contributed by atoms with Crippen molar-refractivity contribution in [3.8, 4) is 11.1 Å². The third-order valence-corrected chi connectivity index (χ3v) is 5.54. The fraction of sp³-hybridized carbons (Fsp3) is 0.444. The highest BCUT2D eigenvalue weighted by molar-refractivity contribution is 6.30. The second-order valence-corrected chi connectivity index (χ2v) is 7.14. The molecule has 2 aliphatic carbocycles. The maximum Gasteiger partial charge on any atom is 0.259 e. The summed E-state index contributed by atoms with van der Waals surface area (Å²) in [4.78, 5) is 20.2. The molecule has 2 saturated carbocycles. The van der Waals surface area contributed by atoms with E-state index in [0.717, 1.165) is 22.7 Å². The second kappa shape index (κ2) is 5.24. The summed E-state index contributed by atoms with van der Waals surface area (Å²) < 4.78 is 0. The summed E-state index contributed by atoms with van der Waals surface area (Å²) in [5.41, 5.74) is 2.61. The van der Waals surface area contributed by atoms with E-state index in [9.17, 15) is 4.79 Å². The van der Waals surface area contributed by atoms with Gasteiger partial charge in [0.2, 0.25) is 0 Å². The van der Waals surface area contributed by atoms with Crippen LogP contribution in [0.25, 0.3) is 11.1 Å². The van der Waals surface area contributed by atoms with Gasteiger partial charge >= 0.3 is 0 Å². The van der Waals surface area contributed by atoms with Crippen LogP contribution in [0.2, 0.25) is 5.02 Å². The van der Waals surface area contributed by atoms with Gasteiger partial charge in [0.05, 0.1) is 11.3 Å². The minimum absolute atomic E-state index is 0.0346. The molecule has 22 heavy (non-hydrogen) atoms. The maximum atomic E-state index is 12.6. The molecule has 3 nitrogen and oxygen atoms in total. The molecule has 114 valence electrons. The van der Waals surface area contributed by atoms with Gasteiger partial charge in [0.15, 0.2) is 0 Å². The summed E-state index contributed by atoms with van der Waals surface area (Å²) in [6.45, 7) is 1.86. The number of benzene rings is 1. The molecule has 1 aromatic heterocycles. The molecule has 3 atom stereocenters. The second-order valence-electron chi connectivity index (χ2n) is 6.70. The van der Waals surface area contributed by atoms with Crippen LogP contribution in [0.5, 0.6) is 0 Å². The van der Waals surface area contributed by atoms with E-state index in [0.29, 0.717) is 22.7 Å². The molecule has 2 bridgehead atoms. The van der Waals surface area contributed by atoms with Crippen LogP contribution in [0.15, 0.2) is 29.1 Å². The van der Waals surface area contributed by atoms with Crippen molar-refractivity contribution in [3.05, 3.63) is 51.2 Å².